The Morgan fingerprint density at radius 3 is 2.42 bits per heavy atom. The van der Waals surface area contributed by atoms with E-state index in [1.165, 1.54) is 30.4 Å². The maximum absolute atomic E-state index is 3.57. The van der Waals surface area contributed by atoms with Crippen LogP contribution < -0.4 is 5.32 Å². The SMILES string of the molecule is CCC(C)N(C)Cc1ccc(CCNC2CC2)cc1. The van der Waals surface area contributed by atoms with Gasteiger partial charge in [-0.25, -0.2) is 0 Å². The average molecular weight is 260 g/mol. The van der Waals surface area contributed by atoms with Gasteiger partial charge in [-0.2, -0.15) is 0 Å². The van der Waals surface area contributed by atoms with E-state index in [2.05, 4.69) is 55.4 Å². The Kier molecular flexibility index (Phi) is 5.41. The maximum Gasteiger partial charge on any atom is 0.0233 e. The van der Waals surface area contributed by atoms with Gasteiger partial charge in [0.25, 0.3) is 0 Å². The molecule has 0 aliphatic heterocycles. The Bertz CT molecular complexity index is 367. The van der Waals surface area contributed by atoms with Crippen LogP contribution in [0.4, 0.5) is 0 Å². The van der Waals surface area contributed by atoms with E-state index in [0.717, 1.165) is 25.6 Å². The van der Waals surface area contributed by atoms with Crippen molar-refractivity contribution in [2.24, 2.45) is 0 Å². The van der Waals surface area contributed by atoms with Crippen LogP contribution in [0.3, 0.4) is 0 Å². The van der Waals surface area contributed by atoms with Crippen molar-refractivity contribution in [2.75, 3.05) is 13.6 Å². The van der Waals surface area contributed by atoms with Crippen LogP contribution >= 0.6 is 0 Å². The predicted molar refractivity (Wildman–Crippen MR) is 82.4 cm³/mol. The van der Waals surface area contributed by atoms with Crippen molar-refractivity contribution in [3.05, 3.63) is 35.4 Å². The van der Waals surface area contributed by atoms with Gasteiger partial charge in [0.2, 0.25) is 0 Å². The van der Waals surface area contributed by atoms with Crippen molar-refractivity contribution in [3.8, 4) is 0 Å². The van der Waals surface area contributed by atoms with E-state index >= 15 is 0 Å². The lowest BCUT2D eigenvalue weighted by Crippen LogP contribution is -2.27. The first kappa shape index (κ1) is 14.5. The van der Waals surface area contributed by atoms with Crippen LogP contribution in [0.15, 0.2) is 24.3 Å². The molecule has 0 saturated heterocycles. The van der Waals surface area contributed by atoms with E-state index in [1.54, 1.807) is 0 Å². The standard InChI is InChI=1S/C17H28N2/c1-4-14(2)19(3)13-16-7-5-15(6-8-16)11-12-18-17-9-10-17/h5-8,14,17-18H,4,9-13H2,1-3H3. The summed E-state index contributed by atoms with van der Waals surface area (Å²) in [5, 5.41) is 3.57. The predicted octanol–water partition coefficient (Wildman–Crippen LogP) is 3.21. The molecule has 106 valence electrons. The molecule has 1 N–H and O–H groups in total. The number of hydrogen-bond donors (Lipinski definition) is 1. The lowest BCUT2D eigenvalue weighted by Gasteiger charge is -2.23. The Hall–Kier alpha value is -0.860. The highest BCUT2D eigenvalue weighted by atomic mass is 15.1. The quantitative estimate of drug-likeness (QED) is 0.772. The molecule has 2 nitrogen and oxygen atoms in total. The molecule has 1 aromatic carbocycles. The zero-order valence-electron chi connectivity index (χ0n) is 12.7. The molecule has 0 aromatic heterocycles. The molecule has 1 unspecified atom stereocenters. The van der Waals surface area contributed by atoms with E-state index < -0.39 is 0 Å². The van der Waals surface area contributed by atoms with Gasteiger partial charge < -0.3 is 5.32 Å². The molecule has 1 aromatic rings. The van der Waals surface area contributed by atoms with Crippen LogP contribution in [0, 0.1) is 0 Å². The Morgan fingerprint density at radius 2 is 1.84 bits per heavy atom. The third-order valence-corrected chi connectivity index (χ3v) is 4.22. The van der Waals surface area contributed by atoms with Crippen LogP contribution in [-0.2, 0) is 13.0 Å². The number of nitrogens with zero attached hydrogens (tertiary/aromatic N) is 1. The van der Waals surface area contributed by atoms with Crippen molar-refractivity contribution >= 4 is 0 Å². The molecule has 1 aliphatic rings. The molecule has 1 aliphatic carbocycles. The van der Waals surface area contributed by atoms with Crippen LogP contribution in [0.25, 0.3) is 0 Å². The van der Waals surface area contributed by atoms with Gasteiger partial charge in [-0.05, 0) is 57.3 Å². The summed E-state index contributed by atoms with van der Waals surface area (Å²) in [4.78, 5) is 2.42. The number of rotatable bonds is 8. The van der Waals surface area contributed by atoms with Gasteiger partial charge in [-0.15, -0.1) is 0 Å². The van der Waals surface area contributed by atoms with E-state index in [-0.39, 0.29) is 0 Å². The maximum atomic E-state index is 3.57. The Morgan fingerprint density at radius 1 is 1.21 bits per heavy atom. The summed E-state index contributed by atoms with van der Waals surface area (Å²) in [6, 6.07) is 10.6. The molecule has 1 atom stereocenters. The van der Waals surface area contributed by atoms with Crippen molar-refractivity contribution in [1.29, 1.82) is 0 Å². The fraction of sp³-hybridized carbons (Fsp3) is 0.647. The number of hydrogen-bond acceptors (Lipinski definition) is 2. The zero-order valence-corrected chi connectivity index (χ0v) is 12.7. The number of benzene rings is 1. The summed E-state index contributed by atoms with van der Waals surface area (Å²) >= 11 is 0. The fourth-order valence-corrected chi connectivity index (χ4v) is 2.27. The summed E-state index contributed by atoms with van der Waals surface area (Å²) in [6.07, 6.45) is 5.11. The summed E-state index contributed by atoms with van der Waals surface area (Å²) in [7, 11) is 2.21. The first-order valence-corrected chi connectivity index (χ1v) is 7.70. The smallest absolute Gasteiger partial charge is 0.0233 e. The van der Waals surface area contributed by atoms with Gasteiger partial charge in [-0.3, -0.25) is 4.90 Å². The highest BCUT2D eigenvalue weighted by Gasteiger charge is 2.19. The summed E-state index contributed by atoms with van der Waals surface area (Å²) in [6.45, 7) is 6.71. The van der Waals surface area contributed by atoms with Gasteiger partial charge in [0, 0.05) is 18.6 Å². The third-order valence-electron chi connectivity index (χ3n) is 4.22. The van der Waals surface area contributed by atoms with Gasteiger partial charge in [-0.1, -0.05) is 31.2 Å². The molecule has 0 spiro atoms. The molecular formula is C17H28N2. The lowest BCUT2D eigenvalue weighted by atomic mass is 10.1. The summed E-state index contributed by atoms with van der Waals surface area (Å²) in [5.74, 6) is 0. The minimum atomic E-state index is 0.655. The molecule has 1 saturated carbocycles. The van der Waals surface area contributed by atoms with Crippen LogP contribution in [0.2, 0.25) is 0 Å². The Balaban J connectivity index is 1.76. The molecule has 0 bridgehead atoms. The summed E-state index contributed by atoms with van der Waals surface area (Å²) < 4.78 is 0. The van der Waals surface area contributed by atoms with Gasteiger partial charge in [0.05, 0.1) is 0 Å². The van der Waals surface area contributed by atoms with Crippen LogP contribution in [-0.4, -0.2) is 30.6 Å². The molecule has 0 heterocycles. The zero-order chi connectivity index (χ0) is 13.7. The van der Waals surface area contributed by atoms with Crippen molar-refractivity contribution in [1.82, 2.24) is 10.2 Å². The van der Waals surface area contributed by atoms with Crippen molar-refractivity contribution in [2.45, 2.75) is 58.2 Å². The van der Waals surface area contributed by atoms with Gasteiger partial charge in [0.15, 0.2) is 0 Å². The molecular weight excluding hydrogens is 232 g/mol. The normalized spacial score (nSPS) is 16.8. The molecule has 1 fully saturated rings. The minimum Gasteiger partial charge on any atom is -0.314 e. The topological polar surface area (TPSA) is 15.3 Å². The molecule has 2 heteroatoms. The first-order valence-electron chi connectivity index (χ1n) is 7.70. The van der Waals surface area contributed by atoms with E-state index in [0.29, 0.717) is 6.04 Å². The van der Waals surface area contributed by atoms with E-state index in [4.69, 9.17) is 0 Å². The molecule has 0 radical (unpaired) electrons. The first-order chi connectivity index (χ1) is 9.19. The van der Waals surface area contributed by atoms with Gasteiger partial charge in [0.1, 0.15) is 0 Å². The fourth-order valence-electron chi connectivity index (χ4n) is 2.27. The van der Waals surface area contributed by atoms with Gasteiger partial charge >= 0.3 is 0 Å². The second kappa shape index (κ2) is 7.06. The highest BCUT2D eigenvalue weighted by molar-refractivity contribution is 5.22. The average Bonchev–Trinajstić information content (AvgIpc) is 3.24. The highest BCUT2D eigenvalue weighted by Crippen LogP contribution is 2.18. The number of nitrogens with one attached hydrogen (secondary N) is 1. The van der Waals surface area contributed by atoms with Crippen molar-refractivity contribution in [3.63, 3.8) is 0 Å². The van der Waals surface area contributed by atoms with E-state index in [9.17, 15) is 0 Å². The lowest BCUT2D eigenvalue weighted by molar-refractivity contribution is 0.244. The molecule has 2 rings (SSSR count). The summed E-state index contributed by atoms with van der Waals surface area (Å²) in [5.41, 5.74) is 2.87. The minimum absolute atomic E-state index is 0.655. The second-order valence-electron chi connectivity index (χ2n) is 5.97. The molecule has 19 heavy (non-hydrogen) atoms. The van der Waals surface area contributed by atoms with E-state index in [1.807, 2.05) is 0 Å². The Labute approximate surface area is 118 Å². The largest absolute Gasteiger partial charge is 0.314 e. The van der Waals surface area contributed by atoms with Crippen LogP contribution in [0.5, 0.6) is 0 Å². The third kappa shape index (κ3) is 4.96. The molecule has 0 amide bonds. The van der Waals surface area contributed by atoms with Crippen molar-refractivity contribution < 1.29 is 0 Å². The van der Waals surface area contributed by atoms with Crippen LogP contribution in [0.1, 0.15) is 44.2 Å². The second-order valence-corrected chi connectivity index (χ2v) is 5.97. The monoisotopic (exact) mass is 260 g/mol.